The summed E-state index contributed by atoms with van der Waals surface area (Å²) in [6.07, 6.45) is -1.74. The molecule has 0 radical (unpaired) electrons. The van der Waals surface area contributed by atoms with Crippen LogP contribution in [0.1, 0.15) is 30.9 Å². The number of aromatic nitrogens is 3. The summed E-state index contributed by atoms with van der Waals surface area (Å²) in [5.41, 5.74) is -1.31. The van der Waals surface area contributed by atoms with Crippen molar-refractivity contribution in [3.63, 3.8) is 0 Å². The zero-order valence-electron chi connectivity index (χ0n) is 17.2. The highest BCUT2D eigenvalue weighted by Gasteiger charge is 2.39. The van der Waals surface area contributed by atoms with Crippen molar-refractivity contribution < 1.29 is 26.7 Å². The number of halogens is 3. The summed E-state index contributed by atoms with van der Waals surface area (Å²) < 4.78 is 66.5. The van der Waals surface area contributed by atoms with Crippen LogP contribution in [0.3, 0.4) is 0 Å². The number of pyridine rings is 1. The molecule has 9 nitrogen and oxygen atoms in total. The number of aliphatic hydroxyl groups is 1. The van der Waals surface area contributed by atoms with Crippen molar-refractivity contribution in [2.45, 2.75) is 43.5 Å². The van der Waals surface area contributed by atoms with Crippen LogP contribution in [0, 0.1) is 6.92 Å². The highest BCUT2D eigenvalue weighted by Crippen LogP contribution is 2.37. The van der Waals surface area contributed by atoms with E-state index in [1.807, 2.05) is 0 Å². The number of β-amino-alcohol motifs (C(OH)–C–C–N with tert-alkyl or cyclic N) is 1. The smallest absolute Gasteiger partial charge is 0.388 e. The van der Waals surface area contributed by atoms with Crippen molar-refractivity contribution in [1.29, 1.82) is 0 Å². The van der Waals surface area contributed by atoms with E-state index in [1.165, 1.54) is 24.2 Å². The molecule has 0 unspecified atom stereocenters. The number of nitrogens with one attached hydrogen (secondary N) is 2. The van der Waals surface area contributed by atoms with Gasteiger partial charge in [-0.15, -0.1) is 0 Å². The van der Waals surface area contributed by atoms with Crippen molar-refractivity contribution in [3.8, 4) is 0 Å². The van der Waals surface area contributed by atoms with E-state index in [9.17, 15) is 26.7 Å². The molecule has 0 aliphatic carbocycles. The van der Waals surface area contributed by atoms with E-state index in [2.05, 4.69) is 25.0 Å². The van der Waals surface area contributed by atoms with Crippen LogP contribution in [0.25, 0.3) is 0 Å². The third kappa shape index (κ3) is 5.22. The van der Waals surface area contributed by atoms with Gasteiger partial charge in [0.25, 0.3) is 10.0 Å². The van der Waals surface area contributed by atoms with Crippen molar-refractivity contribution in [2.75, 3.05) is 30.4 Å². The van der Waals surface area contributed by atoms with Gasteiger partial charge in [-0.05, 0) is 45.4 Å². The molecule has 1 atom stereocenters. The monoisotopic (exact) mass is 460 g/mol. The van der Waals surface area contributed by atoms with E-state index in [4.69, 9.17) is 0 Å². The third-order valence-electron chi connectivity index (χ3n) is 4.92. The molecule has 2 aromatic heterocycles. The van der Waals surface area contributed by atoms with E-state index in [0.717, 1.165) is 0 Å². The molecule has 0 bridgehead atoms. The highest BCUT2D eigenvalue weighted by atomic mass is 32.2. The number of hydrogen-bond acceptors (Lipinski definition) is 8. The van der Waals surface area contributed by atoms with E-state index in [0.29, 0.717) is 36.8 Å². The fourth-order valence-electron chi connectivity index (χ4n) is 3.31. The number of alkyl halides is 3. The topological polar surface area (TPSA) is 120 Å². The molecule has 1 saturated heterocycles. The number of anilines is 3. The first-order chi connectivity index (χ1) is 14.3. The minimum Gasteiger partial charge on any atom is -0.388 e. The molecule has 13 heteroatoms. The number of rotatable bonds is 5. The predicted molar refractivity (Wildman–Crippen MR) is 108 cm³/mol. The Bertz CT molecular complexity index is 1080. The summed E-state index contributed by atoms with van der Waals surface area (Å²) in [5.74, 6) is -0.438. The summed E-state index contributed by atoms with van der Waals surface area (Å²) in [6, 6.07) is 1.32. The van der Waals surface area contributed by atoms with Gasteiger partial charge in [-0.3, -0.25) is 0 Å². The normalized spacial score (nSPS) is 20.0. The summed E-state index contributed by atoms with van der Waals surface area (Å²) >= 11 is 0. The van der Waals surface area contributed by atoms with Crippen LogP contribution in [-0.4, -0.2) is 54.2 Å². The lowest BCUT2D eigenvalue weighted by Gasteiger charge is -2.38. The maximum Gasteiger partial charge on any atom is 0.421 e. The Labute approximate surface area is 177 Å². The van der Waals surface area contributed by atoms with E-state index in [1.54, 1.807) is 13.8 Å². The Balaban J connectivity index is 1.96. The number of piperidine rings is 1. The summed E-state index contributed by atoms with van der Waals surface area (Å²) in [7, 11) is -2.48. The van der Waals surface area contributed by atoms with Gasteiger partial charge in [-0.1, -0.05) is 0 Å². The number of hydrogen-bond donors (Lipinski definition) is 3. The summed E-state index contributed by atoms with van der Waals surface area (Å²) in [6.45, 7) is 3.50. The molecule has 0 amide bonds. The molecule has 0 saturated carbocycles. The Morgan fingerprint density at radius 2 is 1.97 bits per heavy atom. The fraction of sp³-hybridized carbons (Fsp3) is 0.500. The number of sulfonamides is 1. The zero-order valence-corrected chi connectivity index (χ0v) is 18.0. The molecule has 1 fully saturated rings. The zero-order chi connectivity index (χ0) is 23.0. The van der Waals surface area contributed by atoms with Crippen LogP contribution in [0.5, 0.6) is 0 Å². The van der Waals surface area contributed by atoms with Crippen molar-refractivity contribution in [3.05, 3.63) is 29.6 Å². The number of nitrogens with zero attached hydrogens (tertiary/aromatic N) is 4. The first kappa shape index (κ1) is 23.2. The average molecular weight is 460 g/mol. The highest BCUT2D eigenvalue weighted by molar-refractivity contribution is 7.89. The lowest BCUT2D eigenvalue weighted by molar-refractivity contribution is -0.137. The van der Waals surface area contributed by atoms with Gasteiger partial charge in [0.15, 0.2) is 5.03 Å². The Morgan fingerprint density at radius 1 is 1.26 bits per heavy atom. The van der Waals surface area contributed by atoms with Gasteiger partial charge < -0.3 is 15.3 Å². The Hall–Kier alpha value is -2.51. The molecule has 170 valence electrons. The van der Waals surface area contributed by atoms with Gasteiger partial charge in [0.05, 0.1) is 17.5 Å². The molecule has 0 spiro atoms. The van der Waals surface area contributed by atoms with Gasteiger partial charge in [-0.25, -0.2) is 23.1 Å². The first-order valence-corrected chi connectivity index (χ1v) is 10.9. The molecule has 1 aliphatic heterocycles. The summed E-state index contributed by atoms with van der Waals surface area (Å²) in [4.78, 5) is 13.1. The second kappa shape index (κ2) is 8.20. The van der Waals surface area contributed by atoms with Crippen LogP contribution in [-0.2, 0) is 16.2 Å². The molecule has 31 heavy (non-hydrogen) atoms. The number of aryl methyl sites for hydroxylation is 1. The minimum atomic E-state index is -4.67. The van der Waals surface area contributed by atoms with Crippen LogP contribution in [0.2, 0.25) is 0 Å². The molecule has 2 aromatic rings. The van der Waals surface area contributed by atoms with Crippen LogP contribution in [0.15, 0.2) is 23.5 Å². The summed E-state index contributed by atoms with van der Waals surface area (Å²) in [5, 5.41) is 12.9. The molecular formula is C18H23F3N6O3S. The van der Waals surface area contributed by atoms with Crippen LogP contribution >= 0.6 is 0 Å². The van der Waals surface area contributed by atoms with Gasteiger partial charge in [0.2, 0.25) is 5.95 Å². The van der Waals surface area contributed by atoms with Crippen molar-refractivity contribution >= 4 is 27.5 Å². The standard InChI is InChI=1S/C18H23F3N6O3S/c1-11-7-14(31(29,30)22-3)23-9-13(11)25-16-24-8-12(18(19,20)21)15(26-16)27-6-4-5-17(2,28)10-27/h7-9,22,28H,4-6,10H2,1-3H3,(H,24,25,26)/t17-/m0/s1. The molecular weight excluding hydrogens is 437 g/mol. The Morgan fingerprint density at radius 3 is 2.55 bits per heavy atom. The molecule has 3 N–H and O–H groups in total. The minimum absolute atomic E-state index is 0.00366. The van der Waals surface area contributed by atoms with Crippen molar-refractivity contribution in [1.82, 2.24) is 19.7 Å². The van der Waals surface area contributed by atoms with Gasteiger partial charge in [0, 0.05) is 19.3 Å². The quantitative estimate of drug-likeness (QED) is 0.621. The fourth-order valence-corrected chi connectivity index (χ4v) is 4.04. The predicted octanol–water partition coefficient (Wildman–Crippen LogP) is 2.20. The van der Waals surface area contributed by atoms with Crippen LogP contribution < -0.4 is 14.9 Å². The molecule has 3 heterocycles. The molecule has 0 aromatic carbocycles. The van der Waals surface area contributed by atoms with E-state index < -0.39 is 27.4 Å². The first-order valence-electron chi connectivity index (χ1n) is 9.41. The maximum atomic E-state index is 13.5. The Kier molecular flexibility index (Phi) is 6.13. The largest absolute Gasteiger partial charge is 0.421 e. The van der Waals surface area contributed by atoms with Crippen molar-refractivity contribution in [2.24, 2.45) is 0 Å². The SMILES string of the molecule is CNS(=O)(=O)c1cc(C)c(Nc2ncc(C(F)(F)F)c(N3CCC[C@](C)(O)C3)n2)cn1. The van der Waals surface area contributed by atoms with Gasteiger partial charge >= 0.3 is 6.18 Å². The average Bonchev–Trinajstić information content (AvgIpc) is 2.67. The van der Waals surface area contributed by atoms with E-state index >= 15 is 0 Å². The second-order valence-electron chi connectivity index (χ2n) is 7.62. The van der Waals surface area contributed by atoms with Gasteiger partial charge in [-0.2, -0.15) is 18.2 Å². The maximum absolute atomic E-state index is 13.5. The van der Waals surface area contributed by atoms with E-state index in [-0.39, 0.29) is 23.3 Å². The lowest BCUT2D eigenvalue weighted by Crippen LogP contribution is -2.47. The lowest BCUT2D eigenvalue weighted by atomic mass is 9.95. The molecule has 3 rings (SSSR count). The second-order valence-corrected chi connectivity index (χ2v) is 9.45. The van der Waals surface area contributed by atoms with Gasteiger partial charge in [0.1, 0.15) is 11.4 Å². The third-order valence-corrected chi connectivity index (χ3v) is 6.24. The molecule has 1 aliphatic rings. The van der Waals surface area contributed by atoms with Crippen LogP contribution in [0.4, 0.5) is 30.6 Å².